The molecule has 3 aliphatic heterocycles. The number of carbonyl (C=O) groups excluding carboxylic acids is 2. The van der Waals surface area contributed by atoms with E-state index in [9.17, 15) is 9.59 Å². The molecule has 36 heavy (non-hydrogen) atoms. The number of fused-ring (bicyclic) bond motifs is 2. The van der Waals surface area contributed by atoms with Crippen LogP contribution in [0.15, 0.2) is 40.9 Å². The lowest BCUT2D eigenvalue weighted by Crippen LogP contribution is -2.41. The molecule has 0 radical (unpaired) electrons. The van der Waals surface area contributed by atoms with E-state index in [1.165, 1.54) is 5.56 Å². The molecule has 192 valence electrons. The molecule has 1 saturated heterocycles. The smallest absolute Gasteiger partial charge is 0.399 e. The molecule has 0 saturated carbocycles. The monoisotopic (exact) mass is 554 g/mol. The van der Waals surface area contributed by atoms with E-state index >= 15 is 0 Å². The van der Waals surface area contributed by atoms with Crippen LogP contribution in [0.1, 0.15) is 79.4 Å². The van der Waals surface area contributed by atoms with Crippen LogP contribution in [0.3, 0.4) is 0 Å². The maximum absolute atomic E-state index is 11.9. The van der Waals surface area contributed by atoms with Gasteiger partial charge in [0, 0.05) is 39.5 Å². The predicted molar refractivity (Wildman–Crippen MR) is 149 cm³/mol. The summed E-state index contributed by atoms with van der Waals surface area (Å²) in [7, 11) is -0.405. The molecule has 0 unspecified atom stereocenters. The Labute approximate surface area is 223 Å². The minimum atomic E-state index is -0.405. The van der Waals surface area contributed by atoms with E-state index in [2.05, 4.69) is 66.4 Å². The molecule has 3 heterocycles. The summed E-state index contributed by atoms with van der Waals surface area (Å²) in [5.41, 5.74) is 4.17. The first-order chi connectivity index (χ1) is 16.5. The minimum Gasteiger partial charge on any atom is -0.399 e. The van der Waals surface area contributed by atoms with Crippen LogP contribution < -0.4 is 16.1 Å². The van der Waals surface area contributed by atoms with Crippen molar-refractivity contribution < 1.29 is 18.9 Å². The largest absolute Gasteiger partial charge is 0.494 e. The van der Waals surface area contributed by atoms with E-state index in [0.717, 1.165) is 26.9 Å². The molecule has 2 aromatic rings. The lowest BCUT2D eigenvalue weighted by molar-refractivity contribution is -0.118. The summed E-state index contributed by atoms with van der Waals surface area (Å²) < 4.78 is 13.2. The molecule has 0 atom stereocenters. The van der Waals surface area contributed by atoms with Crippen molar-refractivity contribution in [2.24, 2.45) is 0 Å². The number of halogens is 1. The third-order valence-electron chi connectivity index (χ3n) is 7.76. The van der Waals surface area contributed by atoms with Crippen LogP contribution in [0, 0.1) is 0 Å². The number of benzene rings is 2. The van der Waals surface area contributed by atoms with Gasteiger partial charge in [-0.05, 0) is 62.5 Å². The zero-order valence-corrected chi connectivity index (χ0v) is 24.1. The van der Waals surface area contributed by atoms with Crippen LogP contribution in [-0.2, 0) is 29.7 Å². The summed E-state index contributed by atoms with van der Waals surface area (Å²) >= 11 is 3.40. The standard InChI is InChI=1S/C17H24BNO3.C11H12BrNO/c1-15(2)10-14(20)19-13-9-11(7-8-12(13)15)18-21-16(3,4)17(5,6)22-18;1-11(2)6-10(14)13-9-5-7(12)3-4-8(9)11/h7-9H,10H2,1-6H3,(H,19,20);3-5H,6H2,1-2H3,(H,13,14). The molecular formula is C28H36BBrN2O4. The lowest BCUT2D eigenvalue weighted by Gasteiger charge is -2.32. The zero-order chi connectivity index (χ0) is 26.7. The van der Waals surface area contributed by atoms with Gasteiger partial charge in [-0.25, -0.2) is 0 Å². The van der Waals surface area contributed by atoms with Crippen molar-refractivity contribution in [1.29, 1.82) is 0 Å². The summed E-state index contributed by atoms with van der Waals surface area (Å²) in [5.74, 6) is 0.157. The number of carbonyl (C=O) groups is 2. The molecule has 0 aliphatic carbocycles. The Balaban J connectivity index is 0.000000187. The average molecular weight is 555 g/mol. The van der Waals surface area contributed by atoms with E-state index in [-0.39, 0.29) is 33.8 Å². The quantitative estimate of drug-likeness (QED) is 0.445. The van der Waals surface area contributed by atoms with Gasteiger partial charge in [0.05, 0.1) is 11.2 Å². The second-order valence-electron chi connectivity index (χ2n) is 12.3. The van der Waals surface area contributed by atoms with Crippen molar-refractivity contribution in [3.8, 4) is 0 Å². The van der Waals surface area contributed by atoms with E-state index in [0.29, 0.717) is 12.8 Å². The van der Waals surface area contributed by atoms with Crippen LogP contribution in [-0.4, -0.2) is 30.1 Å². The highest BCUT2D eigenvalue weighted by Gasteiger charge is 2.52. The molecule has 2 amide bonds. The minimum absolute atomic E-state index is 0.0572. The normalized spacial score (nSPS) is 22.4. The third kappa shape index (κ3) is 5.13. The van der Waals surface area contributed by atoms with Crippen LogP contribution in [0.4, 0.5) is 11.4 Å². The molecule has 8 heteroatoms. The lowest BCUT2D eigenvalue weighted by atomic mass is 9.73. The number of amides is 2. The fourth-order valence-electron chi connectivity index (χ4n) is 4.97. The second-order valence-corrected chi connectivity index (χ2v) is 13.2. The van der Waals surface area contributed by atoms with Crippen molar-refractivity contribution >= 4 is 51.7 Å². The van der Waals surface area contributed by atoms with Crippen molar-refractivity contribution in [1.82, 2.24) is 0 Å². The maximum Gasteiger partial charge on any atom is 0.494 e. The first-order valence-corrected chi connectivity index (χ1v) is 13.2. The second kappa shape index (κ2) is 9.00. The van der Waals surface area contributed by atoms with Gasteiger partial charge in [0.2, 0.25) is 11.8 Å². The highest BCUT2D eigenvalue weighted by Crippen LogP contribution is 2.40. The van der Waals surface area contributed by atoms with E-state index in [4.69, 9.17) is 9.31 Å². The molecule has 5 rings (SSSR count). The van der Waals surface area contributed by atoms with E-state index in [1.54, 1.807) is 0 Å². The highest BCUT2D eigenvalue weighted by molar-refractivity contribution is 9.10. The predicted octanol–water partition coefficient (Wildman–Crippen LogP) is 5.67. The number of rotatable bonds is 1. The molecular weight excluding hydrogens is 519 g/mol. The van der Waals surface area contributed by atoms with Crippen molar-refractivity contribution in [2.75, 3.05) is 10.6 Å². The molecule has 0 bridgehead atoms. The van der Waals surface area contributed by atoms with Gasteiger partial charge in [0.15, 0.2) is 0 Å². The fraction of sp³-hybridized carbons (Fsp3) is 0.500. The van der Waals surface area contributed by atoms with Crippen molar-refractivity contribution in [2.45, 2.75) is 90.3 Å². The summed E-state index contributed by atoms with van der Waals surface area (Å²) in [6.07, 6.45) is 1.07. The first-order valence-electron chi connectivity index (χ1n) is 12.4. The SMILES string of the molecule is CC1(C)CC(=O)Nc2cc(B3OC(C)(C)C(C)(C)O3)ccc21.CC1(C)CC(=O)Nc2cc(Br)ccc21. The molecule has 6 nitrogen and oxygen atoms in total. The van der Waals surface area contributed by atoms with Gasteiger partial charge in [-0.2, -0.15) is 0 Å². The van der Waals surface area contributed by atoms with E-state index in [1.807, 2.05) is 52.0 Å². The molecule has 2 aromatic carbocycles. The zero-order valence-electron chi connectivity index (χ0n) is 22.5. The Bertz CT molecular complexity index is 1210. The summed E-state index contributed by atoms with van der Waals surface area (Å²) in [4.78, 5) is 23.3. The Morgan fingerprint density at radius 1 is 0.722 bits per heavy atom. The first kappa shape index (κ1) is 26.9. The fourth-order valence-corrected chi connectivity index (χ4v) is 5.33. The van der Waals surface area contributed by atoms with Gasteiger partial charge >= 0.3 is 7.12 Å². The van der Waals surface area contributed by atoms with Gasteiger partial charge in [0.25, 0.3) is 0 Å². The van der Waals surface area contributed by atoms with Crippen LogP contribution in [0.2, 0.25) is 0 Å². The van der Waals surface area contributed by atoms with Crippen molar-refractivity contribution in [3.63, 3.8) is 0 Å². The topological polar surface area (TPSA) is 76.7 Å². The Kier molecular flexibility index (Phi) is 6.72. The van der Waals surface area contributed by atoms with Crippen LogP contribution in [0.5, 0.6) is 0 Å². The molecule has 0 spiro atoms. The molecule has 0 aromatic heterocycles. The van der Waals surface area contributed by atoms with Gasteiger partial charge in [0.1, 0.15) is 0 Å². The Hall–Kier alpha value is -2.16. The number of hydrogen-bond acceptors (Lipinski definition) is 4. The molecule has 2 N–H and O–H groups in total. The van der Waals surface area contributed by atoms with Gasteiger partial charge < -0.3 is 19.9 Å². The van der Waals surface area contributed by atoms with Crippen molar-refractivity contribution in [3.05, 3.63) is 52.0 Å². The van der Waals surface area contributed by atoms with E-state index < -0.39 is 7.12 Å². The Morgan fingerprint density at radius 2 is 1.17 bits per heavy atom. The summed E-state index contributed by atoms with van der Waals surface area (Å²) in [6, 6.07) is 12.1. The number of hydrogen-bond donors (Lipinski definition) is 2. The maximum atomic E-state index is 11.9. The third-order valence-corrected chi connectivity index (χ3v) is 8.26. The van der Waals surface area contributed by atoms with Gasteiger partial charge in [-0.1, -0.05) is 61.8 Å². The Morgan fingerprint density at radius 3 is 1.67 bits per heavy atom. The average Bonchev–Trinajstić information content (AvgIpc) is 2.93. The summed E-state index contributed by atoms with van der Waals surface area (Å²) in [6.45, 7) is 16.5. The highest BCUT2D eigenvalue weighted by atomic mass is 79.9. The molecule has 3 aliphatic rings. The van der Waals surface area contributed by atoms with Crippen LogP contribution >= 0.6 is 15.9 Å². The molecule has 1 fully saturated rings. The van der Waals surface area contributed by atoms with Gasteiger partial charge in [-0.3, -0.25) is 9.59 Å². The number of nitrogens with one attached hydrogen (secondary N) is 2. The summed E-state index contributed by atoms with van der Waals surface area (Å²) in [5, 5.41) is 5.86. The van der Waals surface area contributed by atoms with Gasteiger partial charge in [-0.15, -0.1) is 0 Å². The number of anilines is 2. The van der Waals surface area contributed by atoms with Crippen LogP contribution in [0.25, 0.3) is 0 Å².